The van der Waals surface area contributed by atoms with Gasteiger partial charge in [-0.1, -0.05) is 17.3 Å². The average Bonchev–Trinajstić information content (AvgIpc) is 2.60. The Morgan fingerprint density at radius 1 is 1.20 bits per heavy atom. The number of halogens is 2. The van der Waals surface area contributed by atoms with Gasteiger partial charge in [-0.2, -0.15) is 8.78 Å². The molecule has 0 radical (unpaired) electrons. The standard InChI is InChI=1S/C17H16F2N2O4/c1-23-15-5-3-2-4-12(15)10-20-24-11-16(22)21-13-6-8-14(9-7-13)25-17(18)19/h2-10,17H,11H2,1H3,(H,21,22)/b20-10-. The Morgan fingerprint density at radius 2 is 1.92 bits per heavy atom. The highest BCUT2D eigenvalue weighted by atomic mass is 19.3. The summed E-state index contributed by atoms with van der Waals surface area (Å²) < 4.78 is 33.5. The van der Waals surface area contributed by atoms with Gasteiger partial charge in [0, 0.05) is 11.3 Å². The molecule has 0 saturated carbocycles. The SMILES string of the molecule is COc1ccccc1/C=N\OCC(=O)Nc1ccc(OC(F)F)cc1. The molecule has 25 heavy (non-hydrogen) atoms. The van der Waals surface area contributed by atoms with E-state index in [9.17, 15) is 13.6 Å². The molecule has 0 atom stereocenters. The molecule has 0 aliphatic carbocycles. The van der Waals surface area contributed by atoms with Crippen molar-refractivity contribution in [1.29, 1.82) is 0 Å². The zero-order valence-electron chi connectivity index (χ0n) is 13.3. The molecule has 0 heterocycles. The molecule has 0 aliphatic rings. The van der Waals surface area contributed by atoms with Gasteiger partial charge in [0.15, 0.2) is 6.61 Å². The van der Waals surface area contributed by atoms with Crippen molar-refractivity contribution < 1.29 is 27.9 Å². The van der Waals surface area contributed by atoms with Gasteiger partial charge in [-0.05, 0) is 36.4 Å². The van der Waals surface area contributed by atoms with Crippen molar-refractivity contribution in [2.45, 2.75) is 6.61 Å². The van der Waals surface area contributed by atoms with E-state index in [0.717, 1.165) is 0 Å². The number of ether oxygens (including phenoxy) is 2. The van der Waals surface area contributed by atoms with Gasteiger partial charge in [-0.15, -0.1) is 0 Å². The van der Waals surface area contributed by atoms with Crippen LogP contribution in [0.1, 0.15) is 5.56 Å². The Bertz CT molecular complexity index is 721. The Hall–Kier alpha value is -3.16. The number of amides is 1. The molecule has 0 unspecified atom stereocenters. The summed E-state index contributed by atoms with van der Waals surface area (Å²) in [7, 11) is 1.54. The molecular formula is C17H16F2N2O4. The summed E-state index contributed by atoms with van der Waals surface area (Å²) in [6.07, 6.45) is 1.43. The highest BCUT2D eigenvalue weighted by Crippen LogP contribution is 2.17. The van der Waals surface area contributed by atoms with Crippen molar-refractivity contribution in [3.05, 3.63) is 54.1 Å². The van der Waals surface area contributed by atoms with E-state index in [1.165, 1.54) is 30.5 Å². The van der Waals surface area contributed by atoms with E-state index in [1.807, 2.05) is 12.1 Å². The van der Waals surface area contributed by atoms with Crippen LogP contribution in [0, 0.1) is 0 Å². The van der Waals surface area contributed by atoms with Crippen molar-refractivity contribution in [2.75, 3.05) is 19.0 Å². The molecule has 132 valence electrons. The van der Waals surface area contributed by atoms with E-state index in [-0.39, 0.29) is 12.4 Å². The molecule has 1 amide bonds. The van der Waals surface area contributed by atoms with Gasteiger partial charge in [-0.25, -0.2) is 0 Å². The van der Waals surface area contributed by atoms with Crippen molar-refractivity contribution in [1.82, 2.24) is 0 Å². The molecule has 6 nitrogen and oxygen atoms in total. The third kappa shape index (κ3) is 6.09. The fourth-order valence-electron chi connectivity index (χ4n) is 1.88. The molecular weight excluding hydrogens is 334 g/mol. The second-order valence-corrected chi connectivity index (χ2v) is 4.70. The first-order valence-corrected chi connectivity index (χ1v) is 7.21. The second-order valence-electron chi connectivity index (χ2n) is 4.70. The number of hydrogen-bond donors (Lipinski definition) is 1. The summed E-state index contributed by atoms with van der Waals surface area (Å²) in [6, 6.07) is 12.7. The number of carbonyl (C=O) groups excluding carboxylic acids is 1. The molecule has 2 aromatic rings. The third-order valence-electron chi connectivity index (χ3n) is 2.96. The Balaban J connectivity index is 1.79. The zero-order chi connectivity index (χ0) is 18.1. The maximum absolute atomic E-state index is 12.0. The minimum atomic E-state index is -2.89. The topological polar surface area (TPSA) is 69.2 Å². The van der Waals surface area contributed by atoms with Crippen LogP contribution in [-0.4, -0.2) is 32.4 Å². The van der Waals surface area contributed by atoms with Crippen molar-refractivity contribution in [3.63, 3.8) is 0 Å². The molecule has 0 fully saturated rings. The summed E-state index contributed by atoms with van der Waals surface area (Å²) >= 11 is 0. The maximum Gasteiger partial charge on any atom is 0.387 e. The molecule has 2 rings (SSSR count). The van der Waals surface area contributed by atoms with Crippen LogP contribution in [0.25, 0.3) is 0 Å². The summed E-state index contributed by atoms with van der Waals surface area (Å²) in [4.78, 5) is 16.6. The predicted octanol–water partition coefficient (Wildman–Crippen LogP) is 3.29. The number of alkyl halides is 2. The summed E-state index contributed by atoms with van der Waals surface area (Å²) in [5.74, 6) is 0.191. The quantitative estimate of drug-likeness (QED) is 0.586. The van der Waals surface area contributed by atoms with Gasteiger partial charge in [0.25, 0.3) is 5.91 Å². The fourth-order valence-corrected chi connectivity index (χ4v) is 1.88. The largest absolute Gasteiger partial charge is 0.496 e. The van der Waals surface area contributed by atoms with Gasteiger partial charge < -0.3 is 19.6 Å². The van der Waals surface area contributed by atoms with Gasteiger partial charge in [0.05, 0.1) is 13.3 Å². The summed E-state index contributed by atoms with van der Waals surface area (Å²) in [5, 5.41) is 6.25. The van der Waals surface area contributed by atoms with Crippen molar-refractivity contribution >= 4 is 17.8 Å². The van der Waals surface area contributed by atoms with Crippen LogP contribution in [0.4, 0.5) is 14.5 Å². The number of hydrogen-bond acceptors (Lipinski definition) is 5. The van der Waals surface area contributed by atoms with Crippen molar-refractivity contribution in [2.24, 2.45) is 5.16 Å². The first-order valence-electron chi connectivity index (χ1n) is 7.21. The summed E-state index contributed by atoms with van der Waals surface area (Å²) in [6.45, 7) is -3.20. The molecule has 1 N–H and O–H groups in total. The highest BCUT2D eigenvalue weighted by molar-refractivity contribution is 5.91. The molecule has 2 aromatic carbocycles. The van der Waals surface area contributed by atoms with Crippen LogP contribution in [-0.2, 0) is 9.63 Å². The Kier molecular flexibility index (Phi) is 6.70. The highest BCUT2D eigenvalue weighted by Gasteiger charge is 2.06. The summed E-state index contributed by atoms with van der Waals surface area (Å²) in [5.41, 5.74) is 1.13. The number of nitrogens with one attached hydrogen (secondary N) is 1. The maximum atomic E-state index is 12.0. The zero-order valence-corrected chi connectivity index (χ0v) is 13.3. The molecule has 0 saturated heterocycles. The van der Waals surface area contributed by atoms with Crippen LogP contribution >= 0.6 is 0 Å². The van der Waals surface area contributed by atoms with Crippen LogP contribution in [0.5, 0.6) is 11.5 Å². The third-order valence-corrected chi connectivity index (χ3v) is 2.96. The molecule has 8 heteroatoms. The van der Waals surface area contributed by atoms with Gasteiger partial charge >= 0.3 is 6.61 Å². The number of nitrogens with zero attached hydrogens (tertiary/aromatic N) is 1. The van der Waals surface area contributed by atoms with Gasteiger partial charge in [-0.3, -0.25) is 4.79 Å². The first-order chi connectivity index (χ1) is 12.1. The number of benzene rings is 2. The minimum absolute atomic E-state index is 0.00524. The fraction of sp³-hybridized carbons (Fsp3) is 0.176. The molecule has 0 aliphatic heterocycles. The van der Waals surface area contributed by atoms with E-state index < -0.39 is 12.5 Å². The lowest BCUT2D eigenvalue weighted by molar-refractivity contribution is -0.120. The van der Waals surface area contributed by atoms with Crippen LogP contribution < -0.4 is 14.8 Å². The lowest BCUT2D eigenvalue weighted by Crippen LogP contribution is -2.17. The first kappa shape index (κ1) is 18.2. The number of methoxy groups -OCH3 is 1. The smallest absolute Gasteiger partial charge is 0.387 e. The van der Waals surface area contributed by atoms with E-state index in [1.54, 1.807) is 19.2 Å². The predicted molar refractivity (Wildman–Crippen MR) is 88.2 cm³/mol. The minimum Gasteiger partial charge on any atom is -0.496 e. The normalized spacial score (nSPS) is 10.7. The monoisotopic (exact) mass is 350 g/mol. The van der Waals surface area contributed by atoms with Crippen molar-refractivity contribution in [3.8, 4) is 11.5 Å². The van der Waals surface area contributed by atoms with Crippen LogP contribution in [0.15, 0.2) is 53.7 Å². The van der Waals surface area contributed by atoms with Crippen LogP contribution in [0.3, 0.4) is 0 Å². The van der Waals surface area contributed by atoms with E-state index in [0.29, 0.717) is 17.0 Å². The van der Waals surface area contributed by atoms with Crippen LogP contribution in [0.2, 0.25) is 0 Å². The number of rotatable bonds is 8. The Labute approximate surface area is 143 Å². The lowest BCUT2D eigenvalue weighted by Gasteiger charge is -2.07. The average molecular weight is 350 g/mol. The second kappa shape index (κ2) is 9.21. The lowest BCUT2D eigenvalue weighted by atomic mass is 10.2. The number of anilines is 1. The van der Waals surface area contributed by atoms with Gasteiger partial charge in [0.1, 0.15) is 11.5 Å². The molecule has 0 spiro atoms. The molecule has 0 aromatic heterocycles. The Morgan fingerprint density at radius 3 is 2.60 bits per heavy atom. The number of oxime groups is 1. The number of carbonyl (C=O) groups is 1. The van der Waals surface area contributed by atoms with E-state index >= 15 is 0 Å². The van der Waals surface area contributed by atoms with E-state index in [2.05, 4.69) is 15.2 Å². The number of para-hydroxylation sites is 1. The molecule has 0 bridgehead atoms. The van der Waals surface area contributed by atoms with E-state index in [4.69, 9.17) is 9.57 Å². The van der Waals surface area contributed by atoms with Gasteiger partial charge in [0.2, 0.25) is 0 Å².